The molecule has 1 heterocycles. The largest absolute Gasteiger partial charge is 0.343 e. The molecule has 0 aliphatic carbocycles. The maximum Gasteiger partial charge on any atom is 0.231 e. The molecule has 3 nitrogen and oxygen atoms in total. The third kappa shape index (κ3) is 4.27. The van der Waals surface area contributed by atoms with Crippen molar-refractivity contribution in [3.63, 3.8) is 0 Å². The quantitative estimate of drug-likeness (QED) is 0.874. The number of quaternary nitrogens is 1. The van der Waals surface area contributed by atoms with Gasteiger partial charge < -0.3 is 9.80 Å². The zero-order valence-electron chi connectivity index (χ0n) is 13.1. The van der Waals surface area contributed by atoms with Gasteiger partial charge in [-0.25, -0.2) is 4.39 Å². The van der Waals surface area contributed by atoms with Crippen LogP contribution in [0.15, 0.2) is 24.3 Å². The second-order valence-corrected chi connectivity index (χ2v) is 5.86. The number of piperidine rings is 1. The van der Waals surface area contributed by atoms with E-state index in [-0.39, 0.29) is 11.7 Å². The number of benzene rings is 1. The Morgan fingerprint density at radius 1 is 1.29 bits per heavy atom. The highest BCUT2D eigenvalue weighted by Crippen LogP contribution is 2.12. The second kappa shape index (κ2) is 7.55. The lowest BCUT2D eigenvalue weighted by Crippen LogP contribution is -3.12. The Hall–Kier alpha value is -1.42. The molecule has 116 valence electrons. The Bertz CT molecular complexity index is 456. The minimum absolute atomic E-state index is 0.147. The number of carbonyl (C=O) groups excluding carboxylic acids is 1. The number of halogens is 1. The highest BCUT2D eigenvalue weighted by Gasteiger charge is 2.30. The zero-order chi connectivity index (χ0) is 15.2. The molecule has 4 heteroatoms. The average Bonchev–Trinajstić information content (AvgIpc) is 2.51. The first-order valence-corrected chi connectivity index (χ1v) is 8.00. The smallest absolute Gasteiger partial charge is 0.231 e. The summed E-state index contributed by atoms with van der Waals surface area (Å²) in [4.78, 5) is 15.8. The lowest BCUT2D eigenvalue weighted by Gasteiger charge is -2.32. The zero-order valence-corrected chi connectivity index (χ0v) is 13.1. The molecule has 0 aromatic heterocycles. The van der Waals surface area contributed by atoms with Gasteiger partial charge in [0.1, 0.15) is 12.4 Å². The van der Waals surface area contributed by atoms with E-state index in [0.717, 1.165) is 51.1 Å². The van der Waals surface area contributed by atoms with Crippen LogP contribution < -0.4 is 4.90 Å². The van der Waals surface area contributed by atoms with Crippen molar-refractivity contribution in [2.75, 3.05) is 26.2 Å². The van der Waals surface area contributed by atoms with Crippen molar-refractivity contribution in [2.24, 2.45) is 5.92 Å². The molecule has 1 N–H and O–H groups in total. The molecular formula is C17H26FN2O+. The highest BCUT2D eigenvalue weighted by atomic mass is 19.1. The third-order valence-electron chi connectivity index (χ3n) is 4.41. The summed E-state index contributed by atoms with van der Waals surface area (Å²) in [6.07, 6.45) is 2.09. The van der Waals surface area contributed by atoms with E-state index < -0.39 is 0 Å². The van der Waals surface area contributed by atoms with Crippen molar-refractivity contribution in [2.45, 2.75) is 33.2 Å². The van der Waals surface area contributed by atoms with Gasteiger partial charge in [-0.05, 0) is 38.8 Å². The molecule has 2 rings (SSSR count). The normalized spacial score (nSPS) is 22.0. The second-order valence-electron chi connectivity index (χ2n) is 5.86. The lowest BCUT2D eigenvalue weighted by atomic mass is 9.96. The molecule has 0 saturated carbocycles. The van der Waals surface area contributed by atoms with E-state index in [4.69, 9.17) is 0 Å². The third-order valence-corrected chi connectivity index (χ3v) is 4.41. The predicted octanol–water partition coefficient (Wildman–Crippen LogP) is 1.49. The SMILES string of the molecule is CCN(CC)C(=O)[C@H]1CCC[NH+](Cc2ccc(F)cc2)C1. The molecule has 0 spiro atoms. The first-order chi connectivity index (χ1) is 10.1. The minimum atomic E-state index is -0.193. The summed E-state index contributed by atoms with van der Waals surface area (Å²) >= 11 is 0. The number of likely N-dealkylation sites (tertiary alicyclic amines) is 1. The number of carbonyl (C=O) groups is 1. The van der Waals surface area contributed by atoms with Crippen LogP contribution in [0.25, 0.3) is 0 Å². The summed E-state index contributed by atoms with van der Waals surface area (Å²) in [5.41, 5.74) is 1.14. The molecule has 0 radical (unpaired) electrons. The van der Waals surface area contributed by atoms with Crippen molar-refractivity contribution in [3.8, 4) is 0 Å². The van der Waals surface area contributed by atoms with E-state index in [1.54, 1.807) is 0 Å². The fourth-order valence-electron chi connectivity index (χ4n) is 3.21. The van der Waals surface area contributed by atoms with Gasteiger partial charge in [0.25, 0.3) is 0 Å². The topological polar surface area (TPSA) is 24.8 Å². The Labute approximate surface area is 126 Å². The maximum atomic E-state index is 12.9. The van der Waals surface area contributed by atoms with Gasteiger partial charge in [-0.3, -0.25) is 4.79 Å². The van der Waals surface area contributed by atoms with Crippen molar-refractivity contribution in [1.82, 2.24) is 4.90 Å². The van der Waals surface area contributed by atoms with Crippen LogP contribution in [0.5, 0.6) is 0 Å². The van der Waals surface area contributed by atoms with Crippen LogP contribution in [0, 0.1) is 11.7 Å². The molecule has 1 saturated heterocycles. The van der Waals surface area contributed by atoms with Crippen LogP contribution in [0.3, 0.4) is 0 Å². The molecule has 0 bridgehead atoms. The fraction of sp³-hybridized carbons (Fsp3) is 0.588. The van der Waals surface area contributed by atoms with E-state index in [9.17, 15) is 9.18 Å². The van der Waals surface area contributed by atoms with Crippen molar-refractivity contribution >= 4 is 5.91 Å². The van der Waals surface area contributed by atoms with Crippen molar-refractivity contribution in [3.05, 3.63) is 35.6 Å². The van der Waals surface area contributed by atoms with E-state index in [1.165, 1.54) is 17.0 Å². The van der Waals surface area contributed by atoms with Crippen molar-refractivity contribution < 1.29 is 14.1 Å². The van der Waals surface area contributed by atoms with Gasteiger partial charge >= 0.3 is 0 Å². The lowest BCUT2D eigenvalue weighted by molar-refractivity contribution is -0.921. The van der Waals surface area contributed by atoms with Crippen molar-refractivity contribution in [1.29, 1.82) is 0 Å². The van der Waals surface area contributed by atoms with E-state index in [0.29, 0.717) is 5.91 Å². The molecular weight excluding hydrogens is 267 g/mol. The van der Waals surface area contributed by atoms with Gasteiger partial charge in [-0.2, -0.15) is 0 Å². The Balaban J connectivity index is 1.94. The van der Waals surface area contributed by atoms with E-state index in [1.807, 2.05) is 30.9 Å². The minimum Gasteiger partial charge on any atom is -0.343 e. The standard InChI is InChI=1S/C17H25FN2O/c1-3-20(4-2)17(21)15-6-5-11-19(13-15)12-14-7-9-16(18)10-8-14/h7-10,15H,3-6,11-13H2,1-2H3/p+1/t15-/m0/s1. The summed E-state index contributed by atoms with van der Waals surface area (Å²) in [6.45, 7) is 8.52. The monoisotopic (exact) mass is 293 g/mol. The molecule has 1 aliphatic rings. The van der Waals surface area contributed by atoms with Gasteiger partial charge in [-0.15, -0.1) is 0 Å². The van der Waals surface area contributed by atoms with E-state index in [2.05, 4.69) is 0 Å². The van der Waals surface area contributed by atoms with Gasteiger partial charge in [0.15, 0.2) is 0 Å². The van der Waals surface area contributed by atoms with Gasteiger partial charge in [-0.1, -0.05) is 12.1 Å². The summed E-state index contributed by atoms with van der Waals surface area (Å²) in [6, 6.07) is 6.71. The number of nitrogens with zero attached hydrogens (tertiary/aromatic N) is 1. The van der Waals surface area contributed by atoms with Crippen LogP contribution >= 0.6 is 0 Å². The predicted molar refractivity (Wildman–Crippen MR) is 81.5 cm³/mol. The Kier molecular flexibility index (Phi) is 5.74. The highest BCUT2D eigenvalue weighted by molar-refractivity contribution is 5.78. The van der Waals surface area contributed by atoms with Crippen LogP contribution in [-0.4, -0.2) is 37.0 Å². The Morgan fingerprint density at radius 3 is 2.57 bits per heavy atom. The first-order valence-electron chi connectivity index (χ1n) is 8.00. The molecule has 21 heavy (non-hydrogen) atoms. The number of nitrogens with one attached hydrogen (secondary N) is 1. The first kappa shape index (κ1) is 16.0. The van der Waals surface area contributed by atoms with Gasteiger partial charge in [0.2, 0.25) is 5.91 Å². The van der Waals surface area contributed by atoms with Gasteiger partial charge in [0.05, 0.1) is 19.0 Å². The van der Waals surface area contributed by atoms with Crippen LogP contribution in [0.1, 0.15) is 32.3 Å². The fourth-order valence-corrected chi connectivity index (χ4v) is 3.21. The van der Waals surface area contributed by atoms with Gasteiger partial charge in [0, 0.05) is 18.7 Å². The number of rotatable bonds is 5. The number of hydrogen-bond acceptors (Lipinski definition) is 1. The Morgan fingerprint density at radius 2 is 1.95 bits per heavy atom. The molecule has 1 amide bonds. The molecule has 1 aliphatic heterocycles. The molecule has 2 atom stereocenters. The van der Waals surface area contributed by atoms with E-state index >= 15 is 0 Å². The summed E-state index contributed by atoms with van der Waals surface area (Å²) in [5.74, 6) is 0.257. The average molecular weight is 293 g/mol. The van der Waals surface area contributed by atoms with Crippen LogP contribution in [-0.2, 0) is 11.3 Å². The van der Waals surface area contributed by atoms with Crippen LogP contribution in [0.4, 0.5) is 4.39 Å². The maximum absolute atomic E-state index is 12.9. The molecule has 1 aromatic rings. The molecule has 1 unspecified atom stereocenters. The number of amides is 1. The van der Waals surface area contributed by atoms with Crippen LogP contribution in [0.2, 0.25) is 0 Å². The summed E-state index contributed by atoms with van der Waals surface area (Å²) < 4.78 is 12.9. The summed E-state index contributed by atoms with van der Waals surface area (Å²) in [7, 11) is 0. The number of hydrogen-bond donors (Lipinski definition) is 1. The summed E-state index contributed by atoms with van der Waals surface area (Å²) in [5, 5.41) is 0. The molecule has 1 fully saturated rings. The molecule has 1 aromatic carbocycles.